The zero-order valence-corrected chi connectivity index (χ0v) is 13.4. The quantitative estimate of drug-likeness (QED) is 0.707. The van der Waals surface area contributed by atoms with Crippen LogP contribution in [0.1, 0.15) is 29.4 Å². The lowest BCUT2D eigenvalue weighted by Gasteiger charge is -2.15. The summed E-state index contributed by atoms with van der Waals surface area (Å²) in [5, 5.41) is 3.66. The van der Waals surface area contributed by atoms with E-state index in [1.807, 2.05) is 6.92 Å². The van der Waals surface area contributed by atoms with E-state index >= 15 is 0 Å². The third-order valence-corrected chi connectivity index (χ3v) is 4.90. The maximum absolute atomic E-state index is 4.44. The van der Waals surface area contributed by atoms with Crippen molar-refractivity contribution in [3.8, 4) is 0 Å². The fourth-order valence-corrected chi connectivity index (χ4v) is 3.77. The number of hydrogen-bond acceptors (Lipinski definition) is 2. The van der Waals surface area contributed by atoms with Crippen LogP contribution in [0.5, 0.6) is 0 Å². The molecule has 0 amide bonds. The Balaban J connectivity index is 1.65. The molecule has 3 nitrogen and oxygen atoms in total. The van der Waals surface area contributed by atoms with Gasteiger partial charge in [-0.1, -0.05) is 28.1 Å². The van der Waals surface area contributed by atoms with E-state index in [-0.39, 0.29) is 0 Å². The average molecular weight is 342 g/mol. The highest BCUT2D eigenvalue weighted by Gasteiger charge is 2.23. The molecule has 0 fully saturated rings. The van der Waals surface area contributed by atoms with Gasteiger partial charge >= 0.3 is 0 Å². The van der Waals surface area contributed by atoms with Crippen molar-refractivity contribution < 1.29 is 0 Å². The van der Waals surface area contributed by atoms with Crippen molar-refractivity contribution in [2.24, 2.45) is 0 Å². The molecule has 1 atom stereocenters. The number of anilines is 1. The van der Waals surface area contributed by atoms with Gasteiger partial charge in [-0.3, -0.25) is 0 Å². The van der Waals surface area contributed by atoms with Gasteiger partial charge in [0.15, 0.2) is 0 Å². The largest absolute Gasteiger partial charge is 0.378 e. The second kappa shape index (κ2) is 4.88. The average Bonchev–Trinajstić information content (AvgIpc) is 3.02. The second-order valence-electron chi connectivity index (χ2n) is 5.60. The highest BCUT2D eigenvalue weighted by molar-refractivity contribution is 9.10. The Kier molecular flexibility index (Phi) is 3.00. The zero-order chi connectivity index (χ0) is 14.4. The Labute approximate surface area is 131 Å². The predicted octanol–water partition coefficient (Wildman–Crippen LogP) is 4.73. The molecule has 1 heterocycles. The van der Waals surface area contributed by atoms with Crippen molar-refractivity contribution in [2.75, 3.05) is 5.32 Å². The van der Waals surface area contributed by atoms with Crippen LogP contribution < -0.4 is 5.32 Å². The molecule has 1 aliphatic rings. The zero-order valence-electron chi connectivity index (χ0n) is 11.8. The highest BCUT2D eigenvalue weighted by Crippen LogP contribution is 2.37. The Morgan fingerprint density at radius 2 is 2.19 bits per heavy atom. The fourth-order valence-electron chi connectivity index (χ4n) is 3.19. The number of benzene rings is 2. The van der Waals surface area contributed by atoms with E-state index in [4.69, 9.17) is 0 Å². The number of imidazole rings is 1. The van der Waals surface area contributed by atoms with Crippen LogP contribution in [0.3, 0.4) is 0 Å². The molecular weight excluding hydrogens is 326 g/mol. The Morgan fingerprint density at radius 3 is 3.10 bits per heavy atom. The highest BCUT2D eigenvalue weighted by atomic mass is 79.9. The molecule has 0 radical (unpaired) electrons. The van der Waals surface area contributed by atoms with Gasteiger partial charge in [0.25, 0.3) is 0 Å². The molecule has 2 N–H and O–H groups in total. The van der Waals surface area contributed by atoms with Crippen LogP contribution in [-0.4, -0.2) is 9.97 Å². The van der Waals surface area contributed by atoms with Gasteiger partial charge < -0.3 is 10.3 Å². The Bertz CT molecular complexity index is 822. The molecule has 0 saturated heterocycles. The van der Waals surface area contributed by atoms with Crippen molar-refractivity contribution in [1.29, 1.82) is 0 Å². The van der Waals surface area contributed by atoms with Gasteiger partial charge in [-0.2, -0.15) is 0 Å². The molecule has 106 valence electrons. The molecule has 21 heavy (non-hydrogen) atoms. The van der Waals surface area contributed by atoms with Crippen molar-refractivity contribution >= 4 is 32.7 Å². The Morgan fingerprint density at radius 1 is 1.29 bits per heavy atom. The van der Waals surface area contributed by atoms with Gasteiger partial charge in [0.05, 0.1) is 17.1 Å². The summed E-state index contributed by atoms with van der Waals surface area (Å²) in [4.78, 5) is 7.74. The van der Waals surface area contributed by atoms with E-state index in [1.54, 1.807) is 0 Å². The normalized spacial score (nSPS) is 17.1. The lowest BCUT2D eigenvalue weighted by atomic mass is 10.1. The molecule has 0 saturated carbocycles. The van der Waals surface area contributed by atoms with Crippen LogP contribution >= 0.6 is 15.9 Å². The topological polar surface area (TPSA) is 40.7 Å². The van der Waals surface area contributed by atoms with E-state index < -0.39 is 0 Å². The number of aromatic nitrogens is 2. The summed E-state index contributed by atoms with van der Waals surface area (Å²) in [7, 11) is 0. The van der Waals surface area contributed by atoms with Crippen molar-refractivity contribution in [2.45, 2.75) is 25.8 Å². The first-order valence-corrected chi connectivity index (χ1v) is 8.00. The summed E-state index contributed by atoms with van der Waals surface area (Å²) in [5.41, 5.74) is 6.10. The first kappa shape index (κ1) is 12.9. The summed E-state index contributed by atoms with van der Waals surface area (Å²) in [5.74, 6) is 0.956. The van der Waals surface area contributed by atoms with Gasteiger partial charge in [0, 0.05) is 10.2 Å². The molecular formula is C17H16BrN3. The van der Waals surface area contributed by atoms with E-state index in [9.17, 15) is 0 Å². The lowest BCUT2D eigenvalue weighted by molar-refractivity contribution is 0.762. The number of halogens is 1. The fraction of sp³-hybridized carbons (Fsp3) is 0.235. The van der Waals surface area contributed by atoms with Crippen molar-refractivity contribution in [3.63, 3.8) is 0 Å². The van der Waals surface area contributed by atoms with Crippen LogP contribution in [0.25, 0.3) is 11.0 Å². The van der Waals surface area contributed by atoms with Gasteiger partial charge in [0.1, 0.15) is 5.82 Å². The van der Waals surface area contributed by atoms with E-state index in [2.05, 4.69) is 67.6 Å². The molecule has 2 aromatic carbocycles. The molecule has 1 unspecified atom stereocenters. The summed E-state index contributed by atoms with van der Waals surface area (Å²) < 4.78 is 1.23. The molecule has 0 bridgehead atoms. The number of hydrogen-bond donors (Lipinski definition) is 2. The number of aromatic amines is 1. The third-order valence-electron chi connectivity index (χ3n) is 4.15. The van der Waals surface area contributed by atoms with Crippen LogP contribution in [0.2, 0.25) is 0 Å². The molecule has 1 aromatic heterocycles. The smallest absolute Gasteiger partial charge is 0.104 e. The molecule has 4 rings (SSSR count). The monoisotopic (exact) mass is 341 g/mol. The van der Waals surface area contributed by atoms with Gasteiger partial charge in [-0.05, 0) is 55.2 Å². The molecule has 3 aromatic rings. The number of fused-ring (bicyclic) bond motifs is 2. The predicted molar refractivity (Wildman–Crippen MR) is 89.7 cm³/mol. The number of nitrogens with zero attached hydrogens (tertiary/aromatic N) is 1. The minimum Gasteiger partial charge on any atom is -0.378 e. The summed E-state index contributed by atoms with van der Waals surface area (Å²) in [6.07, 6.45) is 2.26. The van der Waals surface area contributed by atoms with Crippen LogP contribution in [0, 0.1) is 6.92 Å². The van der Waals surface area contributed by atoms with Crippen molar-refractivity contribution in [1.82, 2.24) is 9.97 Å². The van der Waals surface area contributed by atoms with Crippen LogP contribution in [0.4, 0.5) is 5.69 Å². The number of H-pyrrole nitrogens is 1. The van der Waals surface area contributed by atoms with Crippen molar-refractivity contribution in [3.05, 3.63) is 57.8 Å². The minimum absolute atomic E-state index is 0.388. The minimum atomic E-state index is 0.388. The molecule has 0 spiro atoms. The first-order valence-electron chi connectivity index (χ1n) is 7.21. The maximum atomic E-state index is 4.44. The van der Waals surface area contributed by atoms with E-state index in [1.165, 1.54) is 15.6 Å². The van der Waals surface area contributed by atoms with Gasteiger partial charge in [-0.15, -0.1) is 0 Å². The first-order chi connectivity index (χ1) is 10.2. The molecule has 0 aliphatic heterocycles. The van der Waals surface area contributed by atoms with Gasteiger partial charge in [0.2, 0.25) is 0 Å². The van der Waals surface area contributed by atoms with Crippen LogP contribution in [-0.2, 0) is 6.42 Å². The third kappa shape index (κ3) is 2.23. The standard InChI is InChI=1S/C17H16BrN3/c1-10-19-16-7-5-11(9-17(16)20-10)21-15-8-6-12-13(15)3-2-4-14(12)18/h2-5,7,9,15,21H,6,8H2,1H3,(H,19,20). The summed E-state index contributed by atoms with van der Waals surface area (Å²) in [6.45, 7) is 1.98. The van der Waals surface area contributed by atoms with E-state index in [0.29, 0.717) is 6.04 Å². The second-order valence-corrected chi connectivity index (χ2v) is 6.45. The SMILES string of the molecule is Cc1nc2ccc(NC3CCc4c(Br)cccc43)cc2[nH]1. The lowest BCUT2D eigenvalue weighted by Crippen LogP contribution is -2.06. The molecule has 4 heteroatoms. The van der Waals surface area contributed by atoms with E-state index in [0.717, 1.165) is 35.4 Å². The van der Waals surface area contributed by atoms with Gasteiger partial charge in [-0.25, -0.2) is 4.98 Å². The summed E-state index contributed by atoms with van der Waals surface area (Å²) >= 11 is 3.65. The number of aryl methyl sites for hydroxylation is 1. The maximum Gasteiger partial charge on any atom is 0.104 e. The Hall–Kier alpha value is -1.81. The van der Waals surface area contributed by atoms with Crippen LogP contribution in [0.15, 0.2) is 40.9 Å². The number of rotatable bonds is 2. The summed E-state index contributed by atoms with van der Waals surface area (Å²) in [6, 6.07) is 13.2. The number of nitrogens with one attached hydrogen (secondary N) is 2. The molecule has 1 aliphatic carbocycles.